The van der Waals surface area contributed by atoms with Crippen LogP contribution in [0.1, 0.15) is 60.8 Å². The summed E-state index contributed by atoms with van der Waals surface area (Å²) in [6.07, 6.45) is -0.699. The van der Waals surface area contributed by atoms with Gasteiger partial charge in [0, 0.05) is 53.4 Å². The third kappa shape index (κ3) is 19.8. The van der Waals surface area contributed by atoms with Gasteiger partial charge in [-0.3, -0.25) is 13.7 Å². The molecule has 0 fully saturated rings. The number of rotatable bonds is 12. The zero-order valence-corrected chi connectivity index (χ0v) is 24.2. The van der Waals surface area contributed by atoms with E-state index < -0.39 is 57.0 Å². The van der Waals surface area contributed by atoms with Crippen molar-refractivity contribution in [1.29, 1.82) is 0 Å². The molecule has 6 atom stereocenters. The first-order chi connectivity index (χ1) is 14.7. The van der Waals surface area contributed by atoms with E-state index in [1.54, 1.807) is 20.8 Å². The van der Waals surface area contributed by atoms with E-state index in [-0.39, 0.29) is 55.1 Å². The van der Waals surface area contributed by atoms with Crippen LogP contribution in [0.5, 0.6) is 0 Å². The Morgan fingerprint density at radius 1 is 0.588 bits per heavy atom. The van der Waals surface area contributed by atoms with Crippen molar-refractivity contribution < 1.29 is 58.1 Å². The number of hydrogen-bond acceptors (Lipinski definition) is 9. The Kier molecular flexibility index (Phi) is 22.4. The van der Waals surface area contributed by atoms with Gasteiger partial charge in [0.2, 0.25) is 22.1 Å². The smallest absolute Gasteiger partial charge is 0.550 e. The summed E-state index contributed by atoms with van der Waals surface area (Å²) in [5.41, 5.74) is -2.09. The van der Waals surface area contributed by atoms with Crippen molar-refractivity contribution in [2.75, 3.05) is 18.5 Å². The van der Waals surface area contributed by atoms with E-state index in [2.05, 4.69) is 0 Å². The molecule has 34 heavy (non-hydrogen) atoms. The molecule has 0 saturated heterocycles. The normalized spacial score (nSPS) is 18.3. The maximum absolute atomic E-state index is 11.1. The molecule has 0 aromatic carbocycles. The summed E-state index contributed by atoms with van der Waals surface area (Å²) in [5, 5.41) is 30.1. The molecule has 0 bridgehead atoms. The Labute approximate surface area is 211 Å². The van der Waals surface area contributed by atoms with Crippen LogP contribution in [0.25, 0.3) is 0 Å². The van der Waals surface area contributed by atoms with Crippen LogP contribution in [0.2, 0.25) is 0 Å². The van der Waals surface area contributed by atoms with Crippen LogP contribution in [0, 0.1) is 0 Å². The first-order valence-electron chi connectivity index (χ1n) is 10.2. The molecule has 198 valence electrons. The number of aliphatic carboxylic acids is 3. The molecule has 0 amide bonds. The minimum absolute atomic E-state index is 0. The van der Waals surface area contributed by atoms with Crippen LogP contribution in [0.15, 0.2) is 0 Å². The third-order valence-corrected chi connectivity index (χ3v) is 12.2. The van der Waals surface area contributed by atoms with Crippen LogP contribution in [-0.4, -0.2) is 85.4 Å². The van der Waals surface area contributed by atoms with Crippen molar-refractivity contribution in [3.05, 3.63) is 0 Å². The molecule has 0 spiro atoms. The molecule has 6 unspecified atom stereocenters. The summed E-state index contributed by atoms with van der Waals surface area (Å²) in [6.45, 7) is 9.02. The van der Waals surface area contributed by atoms with Crippen molar-refractivity contribution in [3.63, 3.8) is 0 Å². The standard InChI is InChI=1S/3C6H13O4P.Al/c3*1-3-11(9,10)5(2)4-6(7)8;/h3*5H,3-4H2,1-2H3,(H,7,8)(H,9,10);/q;;;+3/p-3. The fourth-order valence-corrected chi connectivity index (χ4v) is 5.26. The molecule has 0 aromatic heterocycles. The van der Waals surface area contributed by atoms with Crippen molar-refractivity contribution in [2.45, 2.75) is 77.8 Å². The molecule has 3 N–H and O–H groups in total. The van der Waals surface area contributed by atoms with Gasteiger partial charge in [-0.2, -0.15) is 0 Å². The molecule has 0 radical (unpaired) electrons. The second-order valence-electron chi connectivity index (χ2n) is 7.49. The van der Waals surface area contributed by atoms with E-state index in [0.717, 1.165) is 0 Å². The van der Waals surface area contributed by atoms with Gasteiger partial charge in [-0.1, -0.05) is 41.5 Å². The zero-order chi connectivity index (χ0) is 27.2. The van der Waals surface area contributed by atoms with Gasteiger partial charge in [-0.25, -0.2) is 0 Å². The Balaban J connectivity index is -0.000000196. The average molecular weight is 564 g/mol. The van der Waals surface area contributed by atoms with Crippen LogP contribution in [-0.2, 0) is 28.1 Å². The predicted molar refractivity (Wildman–Crippen MR) is 124 cm³/mol. The Hall–Kier alpha value is -0.488. The number of carbonyl (C=O) groups excluding carboxylic acids is 3. The van der Waals surface area contributed by atoms with Crippen molar-refractivity contribution in [3.8, 4) is 0 Å². The van der Waals surface area contributed by atoms with E-state index in [9.17, 15) is 43.4 Å². The second kappa shape index (κ2) is 18.7. The van der Waals surface area contributed by atoms with E-state index in [1.165, 1.54) is 20.8 Å². The molecule has 16 heteroatoms. The molecule has 0 saturated carbocycles. The molecule has 12 nitrogen and oxygen atoms in total. The molecule has 0 aliphatic carbocycles. The van der Waals surface area contributed by atoms with Crippen molar-refractivity contribution in [1.82, 2.24) is 0 Å². The monoisotopic (exact) mass is 564 g/mol. The van der Waals surface area contributed by atoms with Gasteiger partial charge in [0.15, 0.2) is 0 Å². The second-order valence-corrected chi connectivity index (χ2v) is 16.6. The fourth-order valence-electron chi connectivity index (χ4n) is 2.09. The van der Waals surface area contributed by atoms with Crippen LogP contribution >= 0.6 is 22.1 Å². The van der Waals surface area contributed by atoms with Gasteiger partial charge in [0.25, 0.3) is 0 Å². The number of carbonyl (C=O) groups is 3. The first kappa shape index (κ1) is 40.7. The summed E-state index contributed by atoms with van der Waals surface area (Å²) in [5.74, 6) is -3.83. The summed E-state index contributed by atoms with van der Waals surface area (Å²) in [6, 6.07) is 0. The minimum Gasteiger partial charge on any atom is -0.550 e. The fraction of sp³-hybridized carbons (Fsp3) is 0.833. The van der Waals surface area contributed by atoms with Gasteiger partial charge in [-0.15, -0.1) is 0 Å². The third-order valence-electron chi connectivity index (χ3n) is 4.81. The average Bonchev–Trinajstić information content (AvgIpc) is 2.67. The van der Waals surface area contributed by atoms with Gasteiger partial charge in [0.1, 0.15) is 0 Å². The van der Waals surface area contributed by atoms with Crippen LogP contribution in [0.3, 0.4) is 0 Å². The van der Waals surface area contributed by atoms with Crippen molar-refractivity contribution >= 4 is 57.4 Å². The molecular weight excluding hydrogens is 528 g/mol. The largest absolute Gasteiger partial charge is 3.00 e. The van der Waals surface area contributed by atoms with Gasteiger partial charge < -0.3 is 44.4 Å². The summed E-state index contributed by atoms with van der Waals surface area (Å²) < 4.78 is 33.2. The van der Waals surface area contributed by atoms with Crippen molar-refractivity contribution in [2.24, 2.45) is 0 Å². The van der Waals surface area contributed by atoms with Crippen LogP contribution in [0.4, 0.5) is 0 Å². The van der Waals surface area contributed by atoms with E-state index in [0.29, 0.717) is 0 Å². The van der Waals surface area contributed by atoms with Crippen LogP contribution < -0.4 is 15.3 Å². The minimum atomic E-state index is -3.24. The maximum atomic E-state index is 11.1. The molecular formula is C18H36AlO12P3. The number of carboxylic acids is 3. The first-order valence-corrected chi connectivity index (χ1v) is 16.0. The summed E-state index contributed by atoms with van der Waals surface area (Å²) in [4.78, 5) is 57.4. The number of hydrogen-bond donors (Lipinski definition) is 3. The van der Waals surface area contributed by atoms with Gasteiger partial charge in [-0.05, 0) is 19.3 Å². The SMILES string of the molecule is CCP(=O)(O)C(C)CC(=O)[O-].CCP(=O)(O)C(C)CC(=O)[O-].CCP(=O)(O)C(C)CC(=O)[O-].[Al+3]. The Morgan fingerprint density at radius 2 is 0.735 bits per heavy atom. The maximum Gasteiger partial charge on any atom is 3.00 e. The van der Waals surface area contributed by atoms with Gasteiger partial charge in [0.05, 0.1) is 0 Å². The Morgan fingerprint density at radius 3 is 0.824 bits per heavy atom. The molecule has 0 aromatic rings. The molecule has 0 aliphatic rings. The quantitative estimate of drug-likeness (QED) is 0.192. The van der Waals surface area contributed by atoms with E-state index >= 15 is 0 Å². The molecule has 0 aliphatic heterocycles. The zero-order valence-electron chi connectivity index (χ0n) is 20.4. The summed E-state index contributed by atoms with van der Waals surface area (Å²) >= 11 is 0. The van der Waals surface area contributed by atoms with E-state index in [4.69, 9.17) is 14.7 Å². The summed E-state index contributed by atoms with van der Waals surface area (Å²) in [7, 11) is -9.72. The molecule has 0 heterocycles. The topological polar surface area (TPSA) is 232 Å². The molecule has 0 rings (SSSR count). The predicted octanol–water partition coefficient (Wildman–Crippen LogP) is -0.965. The Bertz CT molecular complexity index is 673. The number of carboxylic acid groups (broad SMARTS) is 3. The van der Waals surface area contributed by atoms with Gasteiger partial charge >= 0.3 is 17.4 Å². The van der Waals surface area contributed by atoms with E-state index in [1.807, 2.05) is 0 Å².